The number of nitrogen functional groups attached to an aromatic ring is 1. The van der Waals surface area contributed by atoms with Gasteiger partial charge in [-0.1, -0.05) is 0 Å². The second kappa shape index (κ2) is 6.05. The van der Waals surface area contributed by atoms with E-state index in [0.29, 0.717) is 32.8 Å². The summed E-state index contributed by atoms with van der Waals surface area (Å²) >= 11 is 3.41. The molecule has 8 heteroatoms. The Morgan fingerprint density at radius 1 is 1.47 bits per heavy atom. The molecule has 1 aromatic rings. The number of amides is 1. The molecule has 1 fully saturated rings. The summed E-state index contributed by atoms with van der Waals surface area (Å²) in [7, 11) is 0. The van der Waals surface area contributed by atoms with Gasteiger partial charge in [0.1, 0.15) is 5.82 Å². The first-order valence-electron chi connectivity index (χ1n) is 6.06. The standard InChI is InChI=1S/C11H16BrN5O2/c1-2-19-11(18)17-5-3-16(4-6-17)9-8(12)7-14-10(13)15-9/h7H,2-6H2,1H3,(H2,13,14,15). The molecule has 1 saturated heterocycles. The molecule has 1 aliphatic rings. The zero-order valence-electron chi connectivity index (χ0n) is 10.7. The minimum absolute atomic E-state index is 0.242. The van der Waals surface area contributed by atoms with Gasteiger partial charge in [0, 0.05) is 32.4 Å². The average Bonchev–Trinajstić information content (AvgIpc) is 2.42. The SMILES string of the molecule is CCOC(=O)N1CCN(c2nc(N)ncc2Br)CC1. The lowest BCUT2D eigenvalue weighted by Gasteiger charge is -2.35. The van der Waals surface area contributed by atoms with E-state index in [0.717, 1.165) is 10.3 Å². The molecule has 0 spiro atoms. The number of hydrogen-bond donors (Lipinski definition) is 1. The lowest BCUT2D eigenvalue weighted by atomic mass is 10.3. The van der Waals surface area contributed by atoms with Crippen LogP contribution in [0.3, 0.4) is 0 Å². The Kier molecular flexibility index (Phi) is 4.41. The summed E-state index contributed by atoms with van der Waals surface area (Å²) in [5.41, 5.74) is 5.59. The molecule has 2 N–H and O–H groups in total. The van der Waals surface area contributed by atoms with Crippen LogP contribution in [0.4, 0.5) is 16.6 Å². The van der Waals surface area contributed by atoms with E-state index in [1.54, 1.807) is 18.0 Å². The quantitative estimate of drug-likeness (QED) is 0.874. The molecule has 2 rings (SSSR count). The van der Waals surface area contributed by atoms with E-state index >= 15 is 0 Å². The first-order chi connectivity index (χ1) is 9.11. The Hall–Kier alpha value is -1.57. The van der Waals surface area contributed by atoms with Gasteiger partial charge in [0.25, 0.3) is 0 Å². The molecule has 7 nitrogen and oxygen atoms in total. The molecular formula is C11H16BrN5O2. The van der Waals surface area contributed by atoms with Crippen molar-refractivity contribution in [1.82, 2.24) is 14.9 Å². The number of rotatable bonds is 2. The number of nitrogens with two attached hydrogens (primary N) is 1. The van der Waals surface area contributed by atoms with Gasteiger partial charge in [0.05, 0.1) is 11.1 Å². The van der Waals surface area contributed by atoms with Crippen LogP contribution in [0.15, 0.2) is 10.7 Å². The molecule has 1 aliphatic heterocycles. The van der Waals surface area contributed by atoms with E-state index in [1.165, 1.54) is 0 Å². The van der Waals surface area contributed by atoms with Crippen LogP contribution in [0, 0.1) is 0 Å². The number of carbonyl (C=O) groups excluding carboxylic acids is 1. The number of piperazine rings is 1. The smallest absolute Gasteiger partial charge is 0.409 e. The van der Waals surface area contributed by atoms with Crippen LogP contribution < -0.4 is 10.6 Å². The maximum Gasteiger partial charge on any atom is 0.409 e. The number of ether oxygens (including phenoxy) is 1. The topological polar surface area (TPSA) is 84.6 Å². The summed E-state index contributed by atoms with van der Waals surface area (Å²) in [6.07, 6.45) is 1.37. The van der Waals surface area contributed by atoms with Crippen LogP contribution >= 0.6 is 15.9 Å². The minimum atomic E-state index is -0.261. The maximum atomic E-state index is 11.6. The Morgan fingerprint density at radius 3 is 2.79 bits per heavy atom. The van der Waals surface area contributed by atoms with E-state index < -0.39 is 0 Å². The third-order valence-electron chi connectivity index (χ3n) is 2.85. The predicted molar refractivity (Wildman–Crippen MR) is 75.0 cm³/mol. The zero-order chi connectivity index (χ0) is 13.8. The Balaban J connectivity index is 2.00. The van der Waals surface area contributed by atoms with Crippen molar-refractivity contribution in [3.63, 3.8) is 0 Å². The van der Waals surface area contributed by atoms with Crippen molar-refractivity contribution in [2.24, 2.45) is 0 Å². The Morgan fingerprint density at radius 2 is 2.16 bits per heavy atom. The van der Waals surface area contributed by atoms with Crippen molar-refractivity contribution in [3.05, 3.63) is 10.7 Å². The van der Waals surface area contributed by atoms with Crippen LogP contribution in [-0.4, -0.2) is 53.7 Å². The molecule has 0 aromatic carbocycles. The van der Waals surface area contributed by atoms with Crippen LogP contribution in [0.2, 0.25) is 0 Å². The van der Waals surface area contributed by atoms with E-state index in [4.69, 9.17) is 10.5 Å². The summed E-state index contributed by atoms with van der Waals surface area (Å²) in [6, 6.07) is 0. The highest BCUT2D eigenvalue weighted by molar-refractivity contribution is 9.10. The van der Waals surface area contributed by atoms with Gasteiger partial charge in [0.15, 0.2) is 0 Å². The van der Waals surface area contributed by atoms with Gasteiger partial charge in [-0.3, -0.25) is 0 Å². The average molecular weight is 330 g/mol. The molecule has 1 aromatic heterocycles. The molecule has 1 amide bonds. The predicted octanol–water partition coefficient (Wildman–Crippen LogP) is 1.10. The fourth-order valence-electron chi connectivity index (χ4n) is 1.91. The Bertz CT molecular complexity index is 462. The number of hydrogen-bond acceptors (Lipinski definition) is 6. The fraction of sp³-hybridized carbons (Fsp3) is 0.545. The molecule has 0 saturated carbocycles. The van der Waals surface area contributed by atoms with Gasteiger partial charge in [0.2, 0.25) is 5.95 Å². The Labute approximate surface area is 119 Å². The van der Waals surface area contributed by atoms with Gasteiger partial charge < -0.3 is 20.3 Å². The summed E-state index contributed by atoms with van der Waals surface area (Å²) in [5, 5.41) is 0. The first kappa shape index (κ1) is 13.9. The highest BCUT2D eigenvalue weighted by atomic mass is 79.9. The van der Waals surface area contributed by atoms with Crippen LogP contribution in [0.5, 0.6) is 0 Å². The highest BCUT2D eigenvalue weighted by Gasteiger charge is 2.23. The summed E-state index contributed by atoms with van der Waals surface area (Å²) in [4.78, 5) is 23.5. The largest absolute Gasteiger partial charge is 0.450 e. The van der Waals surface area contributed by atoms with Crippen molar-refractivity contribution in [2.45, 2.75) is 6.92 Å². The zero-order valence-corrected chi connectivity index (χ0v) is 12.3. The number of anilines is 2. The molecule has 0 atom stereocenters. The maximum absolute atomic E-state index is 11.6. The number of carbonyl (C=O) groups is 1. The number of nitrogens with zero attached hydrogens (tertiary/aromatic N) is 4. The molecule has 2 heterocycles. The molecule has 0 radical (unpaired) electrons. The van der Waals surface area contributed by atoms with E-state index in [2.05, 4.69) is 30.8 Å². The number of aromatic nitrogens is 2. The van der Waals surface area contributed by atoms with Crippen LogP contribution in [-0.2, 0) is 4.74 Å². The fourth-order valence-corrected chi connectivity index (χ4v) is 2.35. The van der Waals surface area contributed by atoms with Crippen molar-refractivity contribution in [1.29, 1.82) is 0 Å². The van der Waals surface area contributed by atoms with E-state index in [-0.39, 0.29) is 12.0 Å². The monoisotopic (exact) mass is 329 g/mol. The molecule has 0 unspecified atom stereocenters. The van der Waals surface area contributed by atoms with Crippen LogP contribution in [0.25, 0.3) is 0 Å². The first-order valence-corrected chi connectivity index (χ1v) is 6.85. The van der Waals surface area contributed by atoms with Crippen molar-refractivity contribution < 1.29 is 9.53 Å². The van der Waals surface area contributed by atoms with Gasteiger partial charge in [-0.2, -0.15) is 4.98 Å². The van der Waals surface area contributed by atoms with E-state index in [1.807, 2.05) is 0 Å². The van der Waals surface area contributed by atoms with E-state index in [9.17, 15) is 4.79 Å². The normalized spacial score (nSPS) is 15.5. The molecule has 0 bridgehead atoms. The highest BCUT2D eigenvalue weighted by Crippen LogP contribution is 2.24. The third-order valence-corrected chi connectivity index (χ3v) is 3.41. The van der Waals surface area contributed by atoms with Gasteiger partial charge in [-0.15, -0.1) is 0 Å². The van der Waals surface area contributed by atoms with Gasteiger partial charge >= 0.3 is 6.09 Å². The molecule has 0 aliphatic carbocycles. The summed E-state index contributed by atoms with van der Waals surface area (Å²) in [6.45, 7) is 4.79. The van der Waals surface area contributed by atoms with Crippen molar-refractivity contribution >= 4 is 33.8 Å². The second-order valence-corrected chi connectivity index (χ2v) is 4.93. The lowest BCUT2D eigenvalue weighted by molar-refractivity contribution is 0.105. The molecular weight excluding hydrogens is 314 g/mol. The lowest BCUT2D eigenvalue weighted by Crippen LogP contribution is -2.49. The number of halogens is 1. The minimum Gasteiger partial charge on any atom is -0.450 e. The van der Waals surface area contributed by atoms with Gasteiger partial charge in [-0.05, 0) is 22.9 Å². The van der Waals surface area contributed by atoms with Crippen molar-refractivity contribution in [2.75, 3.05) is 43.4 Å². The second-order valence-electron chi connectivity index (χ2n) is 4.07. The molecule has 19 heavy (non-hydrogen) atoms. The summed E-state index contributed by atoms with van der Waals surface area (Å²) < 4.78 is 5.78. The van der Waals surface area contributed by atoms with Gasteiger partial charge in [-0.25, -0.2) is 9.78 Å². The van der Waals surface area contributed by atoms with Crippen LogP contribution in [0.1, 0.15) is 6.92 Å². The molecule has 104 valence electrons. The summed E-state index contributed by atoms with van der Waals surface area (Å²) in [5.74, 6) is 1.00. The third kappa shape index (κ3) is 3.25. The van der Waals surface area contributed by atoms with Crippen molar-refractivity contribution in [3.8, 4) is 0 Å².